The summed E-state index contributed by atoms with van der Waals surface area (Å²) in [5.41, 5.74) is -0.995. The Kier molecular flexibility index (Phi) is 6.33. The van der Waals surface area contributed by atoms with E-state index in [2.05, 4.69) is 26.2 Å². The van der Waals surface area contributed by atoms with Crippen molar-refractivity contribution in [3.63, 3.8) is 0 Å². The van der Waals surface area contributed by atoms with Gasteiger partial charge >= 0.3 is 6.18 Å². The van der Waals surface area contributed by atoms with Gasteiger partial charge in [-0.25, -0.2) is 4.98 Å². The molecule has 0 bridgehead atoms. The Morgan fingerprint density at radius 2 is 1.97 bits per heavy atom. The van der Waals surface area contributed by atoms with Crippen molar-refractivity contribution in [2.24, 2.45) is 0 Å². The molecule has 0 aliphatic rings. The number of rotatable bonds is 5. The number of nitrogens with zero attached hydrogens (tertiary/aromatic N) is 2. The molecule has 2 aromatic carbocycles. The number of alkyl halides is 3. The molecule has 1 heterocycles. The highest BCUT2D eigenvalue weighted by Gasteiger charge is 2.33. The van der Waals surface area contributed by atoms with Crippen molar-refractivity contribution in [2.75, 3.05) is 11.1 Å². The quantitative estimate of drug-likeness (QED) is 0.411. The van der Waals surface area contributed by atoms with E-state index in [0.29, 0.717) is 22.6 Å². The van der Waals surface area contributed by atoms with Crippen molar-refractivity contribution in [1.29, 1.82) is 0 Å². The normalized spacial score (nSPS) is 11.6. The largest absolute Gasteiger partial charge is 0.418 e. The Balaban J connectivity index is 1.82. The van der Waals surface area contributed by atoms with Crippen LogP contribution in [0, 0.1) is 0 Å². The Labute approximate surface area is 176 Å². The minimum absolute atomic E-state index is 0.194. The zero-order valence-corrected chi connectivity index (χ0v) is 17.5. The van der Waals surface area contributed by atoms with E-state index in [0.717, 1.165) is 22.3 Å². The minimum Gasteiger partial charge on any atom is -0.325 e. The van der Waals surface area contributed by atoms with Gasteiger partial charge in [0.15, 0.2) is 5.16 Å². The predicted molar refractivity (Wildman–Crippen MR) is 110 cm³/mol. The monoisotopic (exact) mass is 485 g/mol. The van der Waals surface area contributed by atoms with E-state index >= 15 is 0 Å². The fourth-order valence-electron chi connectivity index (χ4n) is 2.72. The molecule has 0 saturated carbocycles. The van der Waals surface area contributed by atoms with Crippen LogP contribution in [0.2, 0.25) is 0 Å². The van der Waals surface area contributed by atoms with Crippen molar-refractivity contribution < 1.29 is 18.0 Å². The zero-order valence-electron chi connectivity index (χ0n) is 15.1. The summed E-state index contributed by atoms with van der Waals surface area (Å²) in [6.07, 6.45) is -4.58. The lowest BCUT2D eigenvalue weighted by molar-refractivity contribution is -0.137. The van der Waals surface area contributed by atoms with Gasteiger partial charge in [0.2, 0.25) is 5.91 Å². The molecule has 29 heavy (non-hydrogen) atoms. The van der Waals surface area contributed by atoms with E-state index in [9.17, 15) is 22.8 Å². The Morgan fingerprint density at radius 3 is 2.66 bits per heavy atom. The number of anilines is 1. The molecular weight excluding hydrogens is 471 g/mol. The summed E-state index contributed by atoms with van der Waals surface area (Å²) >= 11 is 4.31. The van der Waals surface area contributed by atoms with Crippen molar-refractivity contribution >= 4 is 50.2 Å². The predicted octanol–water partition coefficient (Wildman–Crippen LogP) is 4.93. The van der Waals surface area contributed by atoms with Crippen molar-refractivity contribution in [2.45, 2.75) is 24.8 Å². The first kappa shape index (κ1) is 21.4. The van der Waals surface area contributed by atoms with Crippen LogP contribution >= 0.6 is 27.7 Å². The Hall–Kier alpha value is -2.33. The molecular formula is C19H15BrF3N3O2S. The van der Waals surface area contributed by atoms with E-state index in [4.69, 9.17) is 0 Å². The smallest absolute Gasteiger partial charge is 0.325 e. The zero-order chi connectivity index (χ0) is 21.2. The second kappa shape index (κ2) is 8.58. The maximum atomic E-state index is 13.1. The summed E-state index contributed by atoms with van der Waals surface area (Å²) < 4.78 is 41.4. The highest BCUT2D eigenvalue weighted by molar-refractivity contribution is 9.10. The third kappa shape index (κ3) is 4.81. The third-order valence-corrected chi connectivity index (χ3v) is 5.51. The molecule has 0 spiro atoms. The number of aromatic nitrogens is 2. The fourth-order valence-corrected chi connectivity index (χ4v) is 3.94. The molecule has 0 atom stereocenters. The number of benzene rings is 2. The molecule has 1 amide bonds. The maximum absolute atomic E-state index is 13.1. The molecule has 0 fully saturated rings. The van der Waals surface area contributed by atoms with E-state index in [-0.39, 0.29) is 17.0 Å². The van der Waals surface area contributed by atoms with E-state index in [1.54, 1.807) is 25.1 Å². The van der Waals surface area contributed by atoms with Crippen LogP contribution in [0.25, 0.3) is 10.9 Å². The van der Waals surface area contributed by atoms with Gasteiger partial charge in [0, 0.05) is 11.0 Å². The Morgan fingerprint density at radius 1 is 1.24 bits per heavy atom. The summed E-state index contributed by atoms with van der Waals surface area (Å²) in [6.45, 7) is 2.12. The molecule has 0 aliphatic carbocycles. The average Bonchev–Trinajstić information content (AvgIpc) is 2.66. The lowest BCUT2D eigenvalue weighted by atomic mass is 10.1. The van der Waals surface area contributed by atoms with Gasteiger partial charge in [-0.1, -0.05) is 39.8 Å². The summed E-state index contributed by atoms with van der Waals surface area (Å²) in [6, 6.07) is 9.87. The van der Waals surface area contributed by atoms with Gasteiger partial charge in [-0.15, -0.1) is 0 Å². The first-order valence-corrected chi connectivity index (χ1v) is 10.3. The molecule has 0 saturated heterocycles. The van der Waals surface area contributed by atoms with Gasteiger partial charge in [0.05, 0.1) is 27.9 Å². The molecule has 5 nitrogen and oxygen atoms in total. The Bertz CT molecular complexity index is 1130. The second-order valence-electron chi connectivity index (χ2n) is 5.99. The molecule has 10 heteroatoms. The summed E-state index contributed by atoms with van der Waals surface area (Å²) in [5, 5.41) is 3.05. The maximum Gasteiger partial charge on any atom is 0.418 e. The topological polar surface area (TPSA) is 64.0 Å². The van der Waals surface area contributed by atoms with Crippen LogP contribution < -0.4 is 10.9 Å². The summed E-state index contributed by atoms with van der Waals surface area (Å²) in [7, 11) is 0. The van der Waals surface area contributed by atoms with Crippen LogP contribution in [0.1, 0.15) is 12.5 Å². The summed E-state index contributed by atoms with van der Waals surface area (Å²) in [4.78, 5) is 29.4. The van der Waals surface area contributed by atoms with Crippen molar-refractivity contribution in [3.8, 4) is 0 Å². The number of thioether (sulfide) groups is 1. The van der Waals surface area contributed by atoms with Gasteiger partial charge in [-0.2, -0.15) is 13.2 Å². The fraction of sp³-hybridized carbons (Fsp3) is 0.211. The number of carbonyl (C=O) groups is 1. The second-order valence-corrected chi connectivity index (χ2v) is 7.84. The number of hydrogen-bond acceptors (Lipinski definition) is 4. The van der Waals surface area contributed by atoms with Gasteiger partial charge in [-0.3, -0.25) is 14.2 Å². The van der Waals surface area contributed by atoms with Crippen LogP contribution in [0.15, 0.2) is 56.9 Å². The average molecular weight is 486 g/mol. The van der Waals surface area contributed by atoms with Crippen molar-refractivity contribution in [1.82, 2.24) is 9.55 Å². The number of para-hydroxylation sites is 1. The van der Waals surface area contributed by atoms with E-state index in [1.807, 2.05) is 0 Å². The first-order chi connectivity index (χ1) is 13.7. The van der Waals surface area contributed by atoms with Crippen LogP contribution in [-0.2, 0) is 17.5 Å². The molecule has 0 unspecified atom stereocenters. The molecule has 1 N–H and O–H groups in total. The molecule has 1 aromatic heterocycles. The molecule has 152 valence electrons. The lowest BCUT2D eigenvalue weighted by Crippen LogP contribution is -2.24. The number of carbonyl (C=O) groups excluding carboxylic acids is 1. The SMILES string of the molecule is CCn1c(SCC(=O)Nc2ccccc2C(F)(F)F)nc2ccc(Br)cc2c1=O. The molecule has 3 aromatic rings. The first-order valence-electron chi connectivity index (χ1n) is 8.49. The highest BCUT2D eigenvalue weighted by atomic mass is 79.9. The standard InChI is InChI=1S/C19H15BrF3N3O2S/c1-2-26-17(28)12-9-11(20)7-8-14(12)25-18(26)29-10-16(27)24-15-6-4-3-5-13(15)19(21,22)23/h3-9H,2,10H2,1H3,(H,24,27). The number of nitrogens with one attached hydrogen (secondary N) is 1. The number of fused-ring (bicyclic) bond motifs is 1. The molecule has 0 radical (unpaired) electrons. The van der Waals surface area contributed by atoms with Crippen LogP contribution in [0.3, 0.4) is 0 Å². The van der Waals surface area contributed by atoms with Crippen LogP contribution in [0.4, 0.5) is 18.9 Å². The van der Waals surface area contributed by atoms with E-state index < -0.39 is 17.6 Å². The minimum atomic E-state index is -4.58. The summed E-state index contributed by atoms with van der Waals surface area (Å²) in [5.74, 6) is -0.819. The molecule has 0 aliphatic heterocycles. The van der Waals surface area contributed by atoms with E-state index in [1.165, 1.54) is 22.8 Å². The highest BCUT2D eigenvalue weighted by Crippen LogP contribution is 2.34. The van der Waals surface area contributed by atoms with Crippen molar-refractivity contribution in [3.05, 3.63) is 62.9 Å². The van der Waals surface area contributed by atoms with Gasteiger partial charge < -0.3 is 5.32 Å². The van der Waals surface area contributed by atoms with Crippen LogP contribution in [-0.4, -0.2) is 21.2 Å². The van der Waals surface area contributed by atoms with Gasteiger partial charge in [-0.05, 0) is 37.3 Å². The lowest BCUT2D eigenvalue weighted by Gasteiger charge is -2.14. The van der Waals surface area contributed by atoms with Gasteiger partial charge in [0.1, 0.15) is 0 Å². The number of hydrogen-bond donors (Lipinski definition) is 1. The third-order valence-electron chi connectivity index (χ3n) is 4.04. The van der Waals surface area contributed by atoms with Crippen LogP contribution in [0.5, 0.6) is 0 Å². The number of halogens is 4. The molecule has 3 rings (SSSR count). The van der Waals surface area contributed by atoms with Gasteiger partial charge in [0.25, 0.3) is 5.56 Å². The number of amides is 1.